The van der Waals surface area contributed by atoms with Crippen LogP contribution in [-0.4, -0.2) is 47.2 Å². The van der Waals surface area contributed by atoms with Gasteiger partial charge in [-0.25, -0.2) is 4.98 Å². The van der Waals surface area contributed by atoms with Crippen LogP contribution in [0.15, 0.2) is 54.9 Å². The van der Waals surface area contributed by atoms with Gasteiger partial charge in [0.05, 0.1) is 23.4 Å². The van der Waals surface area contributed by atoms with E-state index < -0.39 is 0 Å². The average molecular weight is 353 g/mol. The Morgan fingerprint density at radius 3 is 2.72 bits per heavy atom. The number of hydrogen-bond acceptors (Lipinski definition) is 3. The summed E-state index contributed by atoms with van der Waals surface area (Å²) < 4.78 is 0. The third-order valence-electron chi connectivity index (χ3n) is 4.03. The number of rotatable bonds is 6. The van der Waals surface area contributed by atoms with Crippen molar-refractivity contribution in [3.63, 3.8) is 0 Å². The van der Waals surface area contributed by atoms with Crippen LogP contribution in [-0.2, 0) is 0 Å². The Bertz CT molecular complexity index is 828. The number of aromatic nitrogens is 2. The number of nitrogens with zero attached hydrogens (tertiary/aromatic N) is 2. The number of likely N-dealkylation sites (N-methyl/N-ethyl adjacent to an activating group) is 1. The molecule has 5 nitrogen and oxygen atoms in total. The first-order valence-corrected chi connectivity index (χ1v) is 8.71. The van der Waals surface area contributed by atoms with Crippen molar-refractivity contribution in [1.29, 1.82) is 0 Å². The van der Waals surface area contributed by atoms with Crippen LogP contribution >= 0.6 is 12.2 Å². The molecule has 3 aromatic rings. The highest BCUT2D eigenvalue weighted by Crippen LogP contribution is 2.24. The van der Waals surface area contributed by atoms with Crippen molar-refractivity contribution in [3.05, 3.63) is 66.0 Å². The lowest BCUT2D eigenvalue weighted by atomic mass is 9.98. The van der Waals surface area contributed by atoms with Gasteiger partial charge in [0, 0.05) is 13.1 Å². The van der Waals surface area contributed by atoms with Crippen LogP contribution in [0.25, 0.3) is 11.0 Å². The highest BCUT2D eigenvalue weighted by Gasteiger charge is 2.16. The smallest absolute Gasteiger partial charge is 0.167 e. The molecule has 0 aliphatic heterocycles. The lowest BCUT2D eigenvalue weighted by Crippen LogP contribution is -2.40. The second-order valence-corrected chi connectivity index (χ2v) is 6.63. The van der Waals surface area contributed by atoms with Crippen LogP contribution in [0.2, 0.25) is 0 Å². The summed E-state index contributed by atoms with van der Waals surface area (Å²) in [4.78, 5) is 9.59. The van der Waals surface area contributed by atoms with E-state index in [9.17, 15) is 0 Å². The predicted octanol–water partition coefficient (Wildman–Crippen LogP) is 2.68. The summed E-state index contributed by atoms with van der Waals surface area (Å²) in [5.41, 5.74) is 4.28. The molecule has 1 atom stereocenters. The molecule has 3 rings (SSSR count). The maximum atomic E-state index is 5.50. The van der Waals surface area contributed by atoms with E-state index in [1.807, 2.05) is 38.4 Å². The van der Waals surface area contributed by atoms with E-state index >= 15 is 0 Å². The fourth-order valence-electron chi connectivity index (χ4n) is 2.71. The molecule has 1 aromatic heterocycles. The van der Waals surface area contributed by atoms with Crippen molar-refractivity contribution in [2.24, 2.45) is 0 Å². The van der Waals surface area contributed by atoms with Gasteiger partial charge in [-0.15, -0.1) is 0 Å². The number of imidazole rings is 1. The van der Waals surface area contributed by atoms with Gasteiger partial charge in [0.1, 0.15) is 0 Å². The van der Waals surface area contributed by atoms with Crippen molar-refractivity contribution < 1.29 is 0 Å². The summed E-state index contributed by atoms with van der Waals surface area (Å²) in [6.45, 7) is 1.73. The highest BCUT2D eigenvalue weighted by atomic mass is 32.1. The largest absolute Gasteiger partial charge is 0.361 e. The van der Waals surface area contributed by atoms with Crippen molar-refractivity contribution in [1.82, 2.24) is 25.5 Å². The minimum absolute atomic E-state index is 0.0201. The van der Waals surface area contributed by atoms with Crippen LogP contribution in [0.4, 0.5) is 0 Å². The minimum atomic E-state index is -0.0201. The van der Waals surface area contributed by atoms with Gasteiger partial charge in [-0.1, -0.05) is 36.4 Å². The number of benzene rings is 2. The third kappa shape index (κ3) is 4.55. The zero-order valence-corrected chi connectivity index (χ0v) is 15.3. The highest BCUT2D eigenvalue weighted by molar-refractivity contribution is 7.80. The fraction of sp³-hybridized carbons (Fsp3) is 0.263. The molecule has 1 heterocycles. The molecule has 0 bridgehead atoms. The zero-order valence-electron chi connectivity index (χ0n) is 14.5. The number of hydrogen-bond donors (Lipinski definition) is 3. The molecule has 2 aromatic carbocycles. The zero-order chi connectivity index (χ0) is 17.6. The van der Waals surface area contributed by atoms with Crippen LogP contribution in [0.5, 0.6) is 0 Å². The topological polar surface area (TPSA) is 56.0 Å². The van der Waals surface area contributed by atoms with E-state index in [0.717, 1.165) is 35.2 Å². The van der Waals surface area contributed by atoms with E-state index in [0.29, 0.717) is 5.11 Å². The number of H-pyrrole nitrogens is 1. The molecule has 130 valence electrons. The molecule has 0 saturated carbocycles. The Hall–Kier alpha value is -2.44. The normalized spacial score (nSPS) is 12.3. The second-order valence-electron chi connectivity index (χ2n) is 6.23. The molecule has 0 radical (unpaired) electrons. The van der Waals surface area contributed by atoms with Gasteiger partial charge in [0.2, 0.25) is 0 Å². The molecular formula is C19H23N5S. The maximum Gasteiger partial charge on any atom is 0.167 e. The predicted molar refractivity (Wildman–Crippen MR) is 107 cm³/mol. The summed E-state index contributed by atoms with van der Waals surface area (Å²) in [7, 11) is 4.09. The summed E-state index contributed by atoms with van der Waals surface area (Å²) in [6, 6.07) is 16.5. The first-order chi connectivity index (χ1) is 12.1. The second kappa shape index (κ2) is 8.09. The van der Waals surface area contributed by atoms with Gasteiger partial charge in [0.25, 0.3) is 0 Å². The van der Waals surface area contributed by atoms with Gasteiger partial charge >= 0.3 is 0 Å². The monoisotopic (exact) mass is 353 g/mol. The van der Waals surface area contributed by atoms with Gasteiger partial charge in [-0.2, -0.15) is 0 Å². The molecule has 6 heteroatoms. The number of fused-ring (bicyclic) bond motifs is 1. The van der Waals surface area contributed by atoms with Crippen molar-refractivity contribution in [2.45, 2.75) is 6.04 Å². The van der Waals surface area contributed by atoms with Crippen LogP contribution in [0.1, 0.15) is 17.2 Å². The molecule has 0 saturated heterocycles. The standard InChI is InChI=1S/C19H23N5S/c1-24(2)11-10-20-19(25)23-18(14-6-4-3-5-7-14)15-8-9-16-17(12-15)22-13-21-16/h3-9,12-13,18H,10-11H2,1-2H3,(H,21,22)(H2,20,23,25). The summed E-state index contributed by atoms with van der Waals surface area (Å²) in [6.07, 6.45) is 1.72. The van der Waals surface area contributed by atoms with E-state index in [1.54, 1.807) is 6.33 Å². The fourth-order valence-corrected chi connectivity index (χ4v) is 2.93. The molecule has 0 fully saturated rings. The molecule has 0 spiro atoms. The van der Waals surface area contributed by atoms with Gasteiger partial charge in [-0.05, 0) is 49.6 Å². The number of nitrogens with one attached hydrogen (secondary N) is 3. The molecule has 25 heavy (non-hydrogen) atoms. The van der Waals surface area contributed by atoms with Gasteiger partial charge < -0.3 is 20.5 Å². The molecule has 0 aliphatic carbocycles. The Balaban J connectivity index is 1.81. The SMILES string of the molecule is CN(C)CCNC(=S)NC(c1ccccc1)c1ccc2nc[nH]c2c1. The Kier molecular flexibility index (Phi) is 5.63. The van der Waals surface area contributed by atoms with E-state index in [4.69, 9.17) is 12.2 Å². The van der Waals surface area contributed by atoms with Crippen molar-refractivity contribution in [2.75, 3.05) is 27.2 Å². The van der Waals surface area contributed by atoms with Crippen LogP contribution in [0.3, 0.4) is 0 Å². The van der Waals surface area contributed by atoms with Gasteiger partial charge in [0.15, 0.2) is 5.11 Å². The number of thiocarbonyl (C=S) groups is 1. The Morgan fingerprint density at radius 1 is 1.16 bits per heavy atom. The quantitative estimate of drug-likeness (QED) is 0.595. The minimum Gasteiger partial charge on any atom is -0.361 e. The Morgan fingerprint density at radius 2 is 1.96 bits per heavy atom. The molecule has 0 amide bonds. The number of aromatic amines is 1. The third-order valence-corrected chi connectivity index (χ3v) is 4.29. The van der Waals surface area contributed by atoms with E-state index in [1.165, 1.54) is 0 Å². The van der Waals surface area contributed by atoms with Crippen molar-refractivity contribution >= 4 is 28.4 Å². The average Bonchev–Trinajstić information content (AvgIpc) is 3.08. The van der Waals surface area contributed by atoms with Crippen LogP contribution < -0.4 is 10.6 Å². The summed E-state index contributed by atoms with van der Waals surface area (Å²) >= 11 is 5.50. The lowest BCUT2D eigenvalue weighted by molar-refractivity contribution is 0.412. The maximum absolute atomic E-state index is 5.50. The summed E-state index contributed by atoms with van der Waals surface area (Å²) in [5.74, 6) is 0. The molecule has 3 N–H and O–H groups in total. The lowest BCUT2D eigenvalue weighted by Gasteiger charge is -2.22. The van der Waals surface area contributed by atoms with E-state index in [-0.39, 0.29) is 6.04 Å². The molecule has 0 aliphatic rings. The molecule has 1 unspecified atom stereocenters. The van der Waals surface area contributed by atoms with Crippen LogP contribution in [0, 0.1) is 0 Å². The molecular weight excluding hydrogens is 330 g/mol. The Labute approximate surface area is 153 Å². The summed E-state index contributed by atoms with van der Waals surface area (Å²) in [5, 5.41) is 7.38. The van der Waals surface area contributed by atoms with Gasteiger partial charge in [-0.3, -0.25) is 0 Å². The van der Waals surface area contributed by atoms with E-state index in [2.05, 4.69) is 49.8 Å². The van der Waals surface area contributed by atoms with Crippen molar-refractivity contribution in [3.8, 4) is 0 Å². The first-order valence-electron chi connectivity index (χ1n) is 8.30. The first kappa shape index (κ1) is 17.4.